The maximum atomic E-state index is 12.1. The Morgan fingerprint density at radius 1 is 1.00 bits per heavy atom. The Morgan fingerprint density at radius 2 is 1.73 bits per heavy atom. The van der Waals surface area contributed by atoms with E-state index in [2.05, 4.69) is 20.1 Å². The van der Waals surface area contributed by atoms with Crippen molar-refractivity contribution < 1.29 is 13.5 Å². The van der Waals surface area contributed by atoms with Gasteiger partial charge in [-0.25, -0.2) is 0 Å². The minimum atomic E-state index is -2.82. The summed E-state index contributed by atoms with van der Waals surface area (Å²) >= 11 is 0. The van der Waals surface area contributed by atoms with E-state index in [1.165, 1.54) is 16.9 Å². The highest BCUT2D eigenvalue weighted by Crippen LogP contribution is 2.16. The number of ether oxygens (including phenoxy) is 1. The number of benzene rings is 2. The first kappa shape index (κ1) is 14.1. The van der Waals surface area contributed by atoms with E-state index in [9.17, 15) is 8.78 Å². The normalized spacial score (nSPS) is 10.9. The molecule has 7 heteroatoms. The summed E-state index contributed by atoms with van der Waals surface area (Å²) in [6, 6.07) is 15.8. The lowest BCUT2D eigenvalue weighted by molar-refractivity contribution is -0.0498. The van der Waals surface area contributed by atoms with E-state index in [-0.39, 0.29) is 5.75 Å². The largest absolute Gasteiger partial charge is 0.435 e. The summed E-state index contributed by atoms with van der Waals surface area (Å²) in [5.41, 5.74) is 1.74. The number of halogens is 2. The first-order chi connectivity index (χ1) is 10.7. The molecule has 0 saturated heterocycles. The number of aromatic nitrogens is 4. The van der Waals surface area contributed by atoms with E-state index in [0.717, 1.165) is 11.1 Å². The van der Waals surface area contributed by atoms with Crippen molar-refractivity contribution in [3.05, 3.63) is 60.2 Å². The van der Waals surface area contributed by atoms with Gasteiger partial charge in [0.25, 0.3) is 0 Å². The first-order valence-electron chi connectivity index (χ1n) is 6.58. The van der Waals surface area contributed by atoms with Crippen LogP contribution in [0.2, 0.25) is 0 Å². The average molecular weight is 302 g/mol. The van der Waals surface area contributed by atoms with E-state index in [1.807, 2.05) is 30.3 Å². The van der Waals surface area contributed by atoms with Gasteiger partial charge in [-0.3, -0.25) is 0 Å². The second kappa shape index (κ2) is 6.30. The van der Waals surface area contributed by atoms with Crippen LogP contribution in [0, 0.1) is 0 Å². The molecule has 3 rings (SSSR count). The Labute approximate surface area is 125 Å². The molecule has 0 atom stereocenters. The molecule has 5 nitrogen and oxygen atoms in total. The van der Waals surface area contributed by atoms with Crippen molar-refractivity contribution in [2.24, 2.45) is 0 Å². The molecule has 0 bridgehead atoms. The molecule has 0 saturated carbocycles. The third-order valence-corrected chi connectivity index (χ3v) is 2.96. The van der Waals surface area contributed by atoms with Gasteiger partial charge in [-0.1, -0.05) is 42.5 Å². The van der Waals surface area contributed by atoms with E-state index in [1.54, 1.807) is 12.1 Å². The fraction of sp³-hybridized carbons (Fsp3) is 0.133. The average Bonchev–Trinajstić information content (AvgIpc) is 2.98. The zero-order valence-corrected chi connectivity index (χ0v) is 11.4. The van der Waals surface area contributed by atoms with Gasteiger partial charge in [0.05, 0.1) is 6.54 Å². The molecule has 112 valence electrons. The minimum Gasteiger partial charge on any atom is -0.435 e. The number of hydrogen-bond donors (Lipinski definition) is 0. The highest BCUT2D eigenvalue weighted by atomic mass is 19.3. The highest BCUT2D eigenvalue weighted by Gasteiger charge is 2.07. The van der Waals surface area contributed by atoms with Crippen molar-refractivity contribution in [2.45, 2.75) is 13.2 Å². The molecular formula is C15H12F2N4O. The monoisotopic (exact) mass is 302 g/mol. The number of tetrazole rings is 1. The molecule has 1 heterocycles. The lowest BCUT2D eigenvalue weighted by atomic mass is 10.2. The summed E-state index contributed by atoms with van der Waals surface area (Å²) in [5, 5.41) is 12.3. The fourth-order valence-corrected chi connectivity index (χ4v) is 1.95. The summed E-state index contributed by atoms with van der Waals surface area (Å²) in [7, 11) is 0. The maximum Gasteiger partial charge on any atom is 0.387 e. The van der Waals surface area contributed by atoms with Crippen molar-refractivity contribution >= 4 is 0 Å². The van der Waals surface area contributed by atoms with Gasteiger partial charge in [0.2, 0.25) is 5.82 Å². The second-order valence-electron chi connectivity index (χ2n) is 4.53. The summed E-state index contributed by atoms with van der Waals surface area (Å²) in [4.78, 5) is 1.45. The van der Waals surface area contributed by atoms with Crippen LogP contribution in [0.4, 0.5) is 8.78 Å². The van der Waals surface area contributed by atoms with Crippen molar-refractivity contribution in [3.63, 3.8) is 0 Å². The van der Waals surface area contributed by atoms with Gasteiger partial charge in [0, 0.05) is 5.56 Å². The molecule has 0 aliphatic carbocycles. The van der Waals surface area contributed by atoms with Crippen molar-refractivity contribution in [2.75, 3.05) is 0 Å². The summed E-state index contributed by atoms with van der Waals surface area (Å²) < 4.78 is 28.5. The van der Waals surface area contributed by atoms with Crippen LogP contribution in [0.5, 0.6) is 5.75 Å². The van der Waals surface area contributed by atoms with Gasteiger partial charge < -0.3 is 4.74 Å². The Hall–Kier alpha value is -2.83. The summed E-state index contributed by atoms with van der Waals surface area (Å²) in [6.45, 7) is -2.43. The molecule has 3 aromatic rings. The van der Waals surface area contributed by atoms with E-state index in [4.69, 9.17) is 0 Å². The number of nitrogens with zero attached hydrogens (tertiary/aromatic N) is 4. The van der Waals surface area contributed by atoms with Gasteiger partial charge in [-0.15, -0.1) is 10.2 Å². The van der Waals surface area contributed by atoms with Crippen LogP contribution in [0.25, 0.3) is 11.4 Å². The Morgan fingerprint density at radius 3 is 2.41 bits per heavy atom. The summed E-state index contributed by atoms with van der Waals surface area (Å²) in [6.07, 6.45) is 0. The number of rotatable bonds is 5. The molecule has 0 fully saturated rings. The topological polar surface area (TPSA) is 52.8 Å². The van der Waals surface area contributed by atoms with Crippen molar-refractivity contribution in [1.82, 2.24) is 20.2 Å². The molecular weight excluding hydrogens is 290 g/mol. The minimum absolute atomic E-state index is 0.121. The smallest absolute Gasteiger partial charge is 0.387 e. The van der Waals surface area contributed by atoms with Gasteiger partial charge in [-0.05, 0) is 22.9 Å². The number of alkyl halides is 2. The molecule has 22 heavy (non-hydrogen) atoms. The predicted molar refractivity (Wildman–Crippen MR) is 75.4 cm³/mol. The molecule has 0 unspecified atom stereocenters. The lowest BCUT2D eigenvalue weighted by Crippen LogP contribution is -2.05. The molecule has 0 aliphatic rings. The molecule has 0 N–H and O–H groups in total. The van der Waals surface area contributed by atoms with Crippen LogP contribution in [-0.2, 0) is 6.54 Å². The van der Waals surface area contributed by atoms with Gasteiger partial charge in [-0.2, -0.15) is 13.6 Å². The third kappa shape index (κ3) is 3.43. The van der Waals surface area contributed by atoms with Crippen LogP contribution in [0.15, 0.2) is 54.6 Å². The SMILES string of the molecule is FC(F)Oc1ccc(Cn2nnc(-c3ccccc3)n2)cc1. The maximum absolute atomic E-state index is 12.1. The molecule has 2 aromatic carbocycles. The standard InChI is InChI=1S/C15H12F2N4O/c16-15(17)22-13-8-6-11(7-9-13)10-21-19-14(18-20-21)12-4-2-1-3-5-12/h1-9,15H,10H2. The van der Waals surface area contributed by atoms with Crippen molar-refractivity contribution in [3.8, 4) is 17.1 Å². The Balaban J connectivity index is 1.70. The van der Waals surface area contributed by atoms with Gasteiger partial charge in [0.15, 0.2) is 0 Å². The number of hydrogen-bond acceptors (Lipinski definition) is 4. The molecule has 0 radical (unpaired) electrons. The third-order valence-electron chi connectivity index (χ3n) is 2.96. The molecule has 0 amide bonds. The molecule has 1 aromatic heterocycles. The van der Waals surface area contributed by atoms with E-state index >= 15 is 0 Å². The van der Waals surface area contributed by atoms with Crippen LogP contribution in [0.1, 0.15) is 5.56 Å². The first-order valence-corrected chi connectivity index (χ1v) is 6.58. The quantitative estimate of drug-likeness (QED) is 0.727. The van der Waals surface area contributed by atoms with E-state index in [0.29, 0.717) is 12.4 Å². The Kier molecular flexibility index (Phi) is 4.04. The molecule has 0 spiro atoms. The van der Waals surface area contributed by atoms with Crippen LogP contribution < -0.4 is 4.74 Å². The van der Waals surface area contributed by atoms with Crippen molar-refractivity contribution in [1.29, 1.82) is 0 Å². The summed E-state index contributed by atoms with van der Waals surface area (Å²) in [5.74, 6) is 0.661. The van der Waals surface area contributed by atoms with E-state index < -0.39 is 6.61 Å². The zero-order valence-electron chi connectivity index (χ0n) is 11.4. The second-order valence-corrected chi connectivity index (χ2v) is 4.53. The highest BCUT2D eigenvalue weighted by molar-refractivity contribution is 5.52. The zero-order chi connectivity index (χ0) is 15.4. The van der Waals surface area contributed by atoms with Gasteiger partial charge in [0.1, 0.15) is 5.75 Å². The lowest BCUT2D eigenvalue weighted by Gasteiger charge is -2.05. The van der Waals surface area contributed by atoms with Crippen LogP contribution in [-0.4, -0.2) is 26.8 Å². The Bertz CT molecular complexity index is 729. The predicted octanol–water partition coefficient (Wildman–Crippen LogP) is 2.99. The van der Waals surface area contributed by atoms with Gasteiger partial charge >= 0.3 is 6.61 Å². The van der Waals surface area contributed by atoms with Crippen LogP contribution >= 0.6 is 0 Å². The molecule has 0 aliphatic heterocycles. The van der Waals surface area contributed by atoms with Crippen LogP contribution in [0.3, 0.4) is 0 Å². The fourth-order valence-electron chi connectivity index (χ4n) is 1.95.